The number of hydrogen-bond donors (Lipinski definition) is 1. The Bertz CT molecular complexity index is 965. The molecule has 2 aromatic carbocycles. The van der Waals surface area contributed by atoms with Crippen molar-refractivity contribution in [2.45, 2.75) is 37.9 Å². The van der Waals surface area contributed by atoms with E-state index in [9.17, 15) is 15.2 Å². The van der Waals surface area contributed by atoms with Gasteiger partial charge in [-0.1, -0.05) is 42.5 Å². The molecule has 1 atom stereocenters. The van der Waals surface area contributed by atoms with Crippen LogP contribution in [0.4, 0.5) is 0 Å². The average Bonchev–Trinajstić information content (AvgIpc) is 3.17. The zero-order valence-electron chi connectivity index (χ0n) is 16.8. The van der Waals surface area contributed by atoms with Crippen molar-refractivity contribution in [3.05, 3.63) is 80.7 Å². The highest BCUT2D eigenvalue weighted by atomic mass is 32.1. The number of nitrogens with zero attached hydrogens (tertiary/aromatic N) is 2. The molecule has 0 radical (unpaired) electrons. The van der Waals surface area contributed by atoms with Crippen LogP contribution in [0.25, 0.3) is 10.1 Å². The molecule has 1 aromatic heterocycles. The third-order valence-corrected chi connectivity index (χ3v) is 6.98. The fraction of sp³-hybridized carbons (Fsp3) is 0.391. The topological polar surface area (TPSA) is 75.8 Å². The summed E-state index contributed by atoms with van der Waals surface area (Å²) in [6, 6.07) is 18.3. The van der Waals surface area contributed by atoms with Crippen LogP contribution < -0.4 is 0 Å². The van der Waals surface area contributed by atoms with Crippen LogP contribution >= 0.6 is 11.3 Å². The van der Waals surface area contributed by atoms with E-state index < -0.39 is 11.2 Å². The van der Waals surface area contributed by atoms with Crippen LogP contribution in [0.5, 0.6) is 0 Å². The normalized spacial score (nSPS) is 16.6. The molecule has 1 saturated heterocycles. The summed E-state index contributed by atoms with van der Waals surface area (Å²) in [4.78, 5) is 18.6. The van der Waals surface area contributed by atoms with E-state index >= 15 is 0 Å². The molecule has 0 aliphatic carbocycles. The van der Waals surface area contributed by atoms with Crippen molar-refractivity contribution in [1.29, 1.82) is 0 Å². The number of β-amino-alcohol motifs (C(OH)–C–C–N with tert-alkyl or cyclic N) is 1. The second-order valence-electron chi connectivity index (χ2n) is 7.94. The van der Waals surface area contributed by atoms with Crippen molar-refractivity contribution < 1.29 is 15.0 Å². The van der Waals surface area contributed by atoms with Crippen LogP contribution in [0.15, 0.2) is 54.6 Å². The van der Waals surface area contributed by atoms with E-state index in [0.717, 1.165) is 37.1 Å². The van der Waals surface area contributed by atoms with Crippen molar-refractivity contribution in [3.8, 4) is 0 Å². The number of benzene rings is 2. The fourth-order valence-corrected chi connectivity index (χ4v) is 5.45. The number of rotatable bonds is 8. The first kappa shape index (κ1) is 20.8. The Morgan fingerprint density at radius 3 is 2.67 bits per heavy atom. The van der Waals surface area contributed by atoms with Gasteiger partial charge in [-0.25, -0.2) is 0 Å². The lowest BCUT2D eigenvalue weighted by Gasteiger charge is -2.32. The minimum absolute atomic E-state index is 0.0673. The minimum atomic E-state index is -0.788. The van der Waals surface area contributed by atoms with Crippen LogP contribution in [0.1, 0.15) is 34.8 Å². The molecule has 2 heterocycles. The Kier molecular flexibility index (Phi) is 6.62. The summed E-state index contributed by atoms with van der Waals surface area (Å²) in [7, 11) is 0. The third-order valence-electron chi connectivity index (χ3n) is 5.70. The first-order valence-corrected chi connectivity index (χ1v) is 11.1. The molecule has 1 aliphatic heterocycles. The Labute approximate surface area is 179 Å². The number of aliphatic hydroxyl groups is 1. The zero-order chi connectivity index (χ0) is 20.9. The van der Waals surface area contributed by atoms with E-state index in [1.807, 2.05) is 29.5 Å². The number of piperidine rings is 1. The molecule has 7 heteroatoms. The lowest BCUT2D eigenvalue weighted by molar-refractivity contribution is -0.763. The Balaban J connectivity index is 1.26. The Morgan fingerprint density at radius 2 is 1.90 bits per heavy atom. The van der Waals surface area contributed by atoms with Gasteiger partial charge in [0, 0.05) is 16.1 Å². The highest BCUT2D eigenvalue weighted by Crippen LogP contribution is 2.36. The second kappa shape index (κ2) is 9.55. The molecule has 4 rings (SSSR count). The van der Waals surface area contributed by atoms with Crippen molar-refractivity contribution in [3.63, 3.8) is 0 Å². The molecular formula is C23H26N2O4S. The number of aliphatic hydroxyl groups excluding tert-OH is 1. The summed E-state index contributed by atoms with van der Waals surface area (Å²) in [5.74, 6) is 0.606. The fourth-order valence-electron chi connectivity index (χ4n) is 4.21. The highest BCUT2D eigenvalue weighted by molar-refractivity contribution is 7.19. The maximum atomic E-state index is 10.6. The molecule has 3 aromatic rings. The molecule has 0 bridgehead atoms. The predicted molar refractivity (Wildman–Crippen MR) is 118 cm³/mol. The summed E-state index contributed by atoms with van der Waals surface area (Å²) < 4.78 is 1.36. The van der Waals surface area contributed by atoms with Crippen molar-refractivity contribution in [2.75, 3.05) is 19.6 Å². The van der Waals surface area contributed by atoms with Crippen molar-refractivity contribution >= 4 is 21.4 Å². The van der Waals surface area contributed by atoms with Gasteiger partial charge >= 0.3 is 0 Å². The quantitative estimate of drug-likeness (QED) is 0.427. The Morgan fingerprint density at radius 1 is 1.13 bits per heavy atom. The number of hydrogen-bond acceptors (Lipinski definition) is 6. The number of thiophene rings is 1. The molecule has 30 heavy (non-hydrogen) atoms. The molecule has 0 spiro atoms. The maximum absolute atomic E-state index is 10.6. The molecular weight excluding hydrogens is 400 g/mol. The predicted octanol–water partition coefficient (Wildman–Crippen LogP) is 4.39. The van der Waals surface area contributed by atoms with Crippen LogP contribution in [0.2, 0.25) is 0 Å². The average molecular weight is 427 g/mol. The third kappa shape index (κ3) is 5.36. The molecule has 0 amide bonds. The standard InChI is InChI=1S/C23H26N2O4S/c26-21(13-17-4-3-5-18(12-17)16-29-25(27)28)15-24-10-8-19(9-11-24)23-14-20-6-1-2-7-22(20)30-23/h1-7,12,14,19,21,26H,8-11,13,15-16H2/t21-/m1/s1. The SMILES string of the molecule is O=[N+]([O-])OCc1cccc(C[C@@H](O)CN2CCC(c3cc4ccccc4s3)CC2)c1. The lowest BCUT2D eigenvalue weighted by Crippen LogP contribution is -2.39. The second-order valence-corrected chi connectivity index (χ2v) is 9.05. The van der Waals surface area contributed by atoms with Gasteiger partial charge in [-0.2, -0.15) is 0 Å². The van der Waals surface area contributed by atoms with Gasteiger partial charge in [0.1, 0.15) is 6.61 Å². The van der Waals surface area contributed by atoms with Crippen LogP contribution in [0, 0.1) is 10.1 Å². The van der Waals surface area contributed by atoms with Gasteiger partial charge in [0.2, 0.25) is 0 Å². The van der Waals surface area contributed by atoms with E-state index in [4.69, 9.17) is 0 Å². The largest absolute Gasteiger partial charge is 0.391 e. The van der Waals surface area contributed by atoms with Crippen molar-refractivity contribution in [2.24, 2.45) is 0 Å². The minimum Gasteiger partial charge on any atom is -0.391 e. The highest BCUT2D eigenvalue weighted by Gasteiger charge is 2.23. The van der Waals surface area contributed by atoms with E-state index in [2.05, 4.69) is 40.1 Å². The summed E-state index contributed by atoms with van der Waals surface area (Å²) in [5.41, 5.74) is 1.70. The molecule has 1 aliphatic rings. The van der Waals surface area contributed by atoms with Gasteiger partial charge in [-0.15, -0.1) is 21.5 Å². The van der Waals surface area contributed by atoms with E-state index in [-0.39, 0.29) is 6.61 Å². The van der Waals surface area contributed by atoms with Crippen LogP contribution in [-0.2, 0) is 17.9 Å². The molecule has 6 nitrogen and oxygen atoms in total. The van der Waals surface area contributed by atoms with Gasteiger partial charge in [0.25, 0.3) is 5.09 Å². The van der Waals surface area contributed by atoms with E-state index in [1.54, 1.807) is 6.07 Å². The Hall–Kier alpha value is -2.48. The number of likely N-dealkylation sites (tertiary alicyclic amines) is 1. The monoisotopic (exact) mass is 426 g/mol. The summed E-state index contributed by atoms with van der Waals surface area (Å²) in [5, 5.41) is 21.5. The summed E-state index contributed by atoms with van der Waals surface area (Å²) in [6.07, 6.45) is 2.31. The van der Waals surface area contributed by atoms with Gasteiger partial charge < -0.3 is 14.8 Å². The van der Waals surface area contributed by atoms with E-state index in [1.165, 1.54) is 15.0 Å². The first-order chi connectivity index (χ1) is 14.6. The molecule has 1 fully saturated rings. The zero-order valence-corrected chi connectivity index (χ0v) is 17.6. The summed E-state index contributed by atoms with van der Waals surface area (Å²) >= 11 is 1.91. The summed E-state index contributed by atoms with van der Waals surface area (Å²) in [6.45, 7) is 2.57. The maximum Gasteiger partial charge on any atom is 0.294 e. The van der Waals surface area contributed by atoms with Gasteiger partial charge in [0.05, 0.1) is 6.10 Å². The van der Waals surface area contributed by atoms with Crippen LogP contribution in [-0.4, -0.2) is 40.8 Å². The molecule has 0 unspecified atom stereocenters. The van der Waals surface area contributed by atoms with Gasteiger partial charge in [0.15, 0.2) is 0 Å². The number of fused-ring (bicyclic) bond motifs is 1. The van der Waals surface area contributed by atoms with Crippen LogP contribution in [0.3, 0.4) is 0 Å². The van der Waals surface area contributed by atoms with Gasteiger partial charge in [-0.3, -0.25) is 0 Å². The van der Waals surface area contributed by atoms with E-state index in [0.29, 0.717) is 18.9 Å². The first-order valence-electron chi connectivity index (χ1n) is 10.3. The van der Waals surface area contributed by atoms with Gasteiger partial charge in [-0.05, 0) is 66.9 Å². The lowest BCUT2D eigenvalue weighted by atomic mass is 9.94. The smallest absolute Gasteiger partial charge is 0.294 e. The molecule has 0 saturated carbocycles. The molecule has 1 N–H and O–H groups in total. The molecule has 158 valence electrons. The van der Waals surface area contributed by atoms with Crippen molar-refractivity contribution in [1.82, 2.24) is 4.90 Å².